The van der Waals surface area contributed by atoms with Crippen LogP contribution < -0.4 is 0 Å². The van der Waals surface area contributed by atoms with Crippen LogP contribution in [0.25, 0.3) is 0 Å². The highest BCUT2D eigenvalue weighted by atomic mass is 16.5. The van der Waals surface area contributed by atoms with Gasteiger partial charge < -0.3 is 9.84 Å². The third kappa shape index (κ3) is 3.96. The lowest BCUT2D eigenvalue weighted by molar-refractivity contribution is -0.150. The number of aliphatic carboxylic acids is 1. The third-order valence-corrected chi connectivity index (χ3v) is 3.50. The number of rotatable bonds is 6. The Labute approximate surface area is 104 Å². The first-order chi connectivity index (χ1) is 8.10. The maximum absolute atomic E-state index is 11.4. The van der Waals surface area contributed by atoms with E-state index in [1.165, 1.54) is 0 Å². The molecule has 1 aliphatic rings. The molecule has 1 aliphatic heterocycles. The van der Waals surface area contributed by atoms with Crippen molar-refractivity contribution < 1.29 is 14.6 Å². The minimum atomic E-state index is -0.689. The smallest absolute Gasteiger partial charge is 0.320 e. The van der Waals surface area contributed by atoms with E-state index in [-0.39, 0.29) is 18.2 Å². The van der Waals surface area contributed by atoms with Crippen molar-refractivity contribution in [1.29, 1.82) is 0 Å². The van der Waals surface area contributed by atoms with Crippen molar-refractivity contribution in [2.24, 2.45) is 0 Å². The van der Waals surface area contributed by atoms with Crippen LogP contribution in [0.2, 0.25) is 0 Å². The molecule has 0 aromatic rings. The quantitative estimate of drug-likeness (QED) is 0.776. The highest BCUT2D eigenvalue weighted by Crippen LogP contribution is 2.20. The van der Waals surface area contributed by atoms with Crippen molar-refractivity contribution in [3.8, 4) is 0 Å². The van der Waals surface area contributed by atoms with Gasteiger partial charge in [-0.05, 0) is 19.8 Å². The second-order valence-corrected chi connectivity index (χ2v) is 4.90. The molecule has 1 N–H and O–H groups in total. The second kappa shape index (κ2) is 6.97. The largest absolute Gasteiger partial charge is 0.480 e. The molecule has 0 bridgehead atoms. The van der Waals surface area contributed by atoms with Gasteiger partial charge in [-0.1, -0.05) is 26.7 Å². The molecule has 0 spiro atoms. The lowest BCUT2D eigenvalue weighted by Crippen LogP contribution is -2.55. The van der Waals surface area contributed by atoms with Gasteiger partial charge in [0.05, 0.1) is 12.7 Å². The number of carbonyl (C=O) groups is 1. The first-order valence-electron chi connectivity index (χ1n) is 6.70. The molecule has 4 nitrogen and oxygen atoms in total. The van der Waals surface area contributed by atoms with E-state index >= 15 is 0 Å². The van der Waals surface area contributed by atoms with Gasteiger partial charge in [0.1, 0.15) is 6.04 Å². The Balaban J connectivity index is 2.70. The molecule has 4 heteroatoms. The predicted molar refractivity (Wildman–Crippen MR) is 67.1 cm³/mol. The summed E-state index contributed by atoms with van der Waals surface area (Å²) in [6.07, 6.45) is 3.85. The van der Waals surface area contributed by atoms with Crippen molar-refractivity contribution in [2.75, 3.05) is 13.2 Å². The molecule has 0 aromatic heterocycles. The van der Waals surface area contributed by atoms with Gasteiger partial charge in [-0.3, -0.25) is 9.69 Å². The van der Waals surface area contributed by atoms with E-state index in [1.807, 2.05) is 6.92 Å². The van der Waals surface area contributed by atoms with Crippen LogP contribution >= 0.6 is 0 Å². The number of carboxylic acids is 1. The Bertz CT molecular complexity index is 245. The molecule has 0 radical (unpaired) electrons. The zero-order valence-electron chi connectivity index (χ0n) is 11.2. The number of hydrogen-bond acceptors (Lipinski definition) is 3. The van der Waals surface area contributed by atoms with E-state index in [1.54, 1.807) is 0 Å². The molecule has 3 atom stereocenters. The van der Waals surface area contributed by atoms with Crippen LogP contribution in [0.4, 0.5) is 0 Å². The zero-order chi connectivity index (χ0) is 12.8. The Morgan fingerprint density at radius 3 is 2.76 bits per heavy atom. The summed E-state index contributed by atoms with van der Waals surface area (Å²) < 4.78 is 5.61. The van der Waals surface area contributed by atoms with E-state index in [0.29, 0.717) is 6.61 Å². The molecular formula is C13H25NO3. The van der Waals surface area contributed by atoms with Gasteiger partial charge >= 0.3 is 5.97 Å². The van der Waals surface area contributed by atoms with Crippen LogP contribution in [-0.4, -0.2) is 47.3 Å². The minimum absolute atomic E-state index is 0.140. The van der Waals surface area contributed by atoms with E-state index in [4.69, 9.17) is 4.74 Å². The summed E-state index contributed by atoms with van der Waals surface area (Å²) in [6, 6.07) is -0.0876. The minimum Gasteiger partial charge on any atom is -0.480 e. The fourth-order valence-electron chi connectivity index (χ4n) is 2.43. The number of hydrogen-bond donors (Lipinski definition) is 1. The Kier molecular flexibility index (Phi) is 5.92. The van der Waals surface area contributed by atoms with Gasteiger partial charge in [-0.25, -0.2) is 0 Å². The third-order valence-electron chi connectivity index (χ3n) is 3.50. The molecule has 17 heavy (non-hydrogen) atoms. The highest BCUT2D eigenvalue weighted by Gasteiger charge is 2.34. The maximum atomic E-state index is 11.4. The number of ether oxygens (including phenoxy) is 1. The van der Waals surface area contributed by atoms with Gasteiger partial charge in [-0.2, -0.15) is 0 Å². The van der Waals surface area contributed by atoms with Crippen LogP contribution in [0, 0.1) is 0 Å². The van der Waals surface area contributed by atoms with Crippen LogP contribution in [-0.2, 0) is 9.53 Å². The fourth-order valence-corrected chi connectivity index (χ4v) is 2.43. The molecule has 3 unspecified atom stereocenters. The summed E-state index contributed by atoms with van der Waals surface area (Å²) in [5.41, 5.74) is 0. The number of unbranched alkanes of at least 4 members (excludes halogenated alkanes) is 1. The van der Waals surface area contributed by atoms with Crippen molar-refractivity contribution in [3.63, 3.8) is 0 Å². The first-order valence-corrected chi connectivity index (χ1v) is 6.70. The summed E-state index contributed by atoms with van der Waals surface area (Å²) in [5, 5.41) is 9.37. The molecule has 0 aliphatic carbocycles. The predicted octanol–water partition coefficient (Wildman–Crippen LogP) is 2.13. The topological polar surface area (TPSA) is 49.8 Å². The van der Waals surface area contributed by atoms with Crippen LogP contribution in [0.1, 0.15) is 46.5 Å². The van der Waals surface area contributed by atoms with E-state index < -0.39 is 5.97 Å². The van der Waals surface area contributed by atoms with Crippen molar-refractivity contribution in [3.05, 3.63) is 0 Å². The van der Waals surface area contributed by atoms with E-state index in [9.17, 15) is 9.90 Å². The zero-order valence-corrected chi connectivity index (χ0v) is 11.2. The maximum Gasteiger partial charge on any atom is 0.320 e. The second-order valence-electron chi connectivity index (χ2n) is 4.90. The molecule has 0 saturated carbocycles. The Hall–Kier alpha value is -0.610. The first kappa shape index (κ1) is 14.5. The molecular weight excluding hydrogens is 218 g/mol. The summed E-state index contributed by atoms with van der Waals surface area (Å²) >= 11 is 0. The van der Waals surface area contributed by atoms with Crippen LogP contribution in [0.3, 0.4) is 0 Å². The van der Waals surface area contributed by atoms with Crippen molar-refractivity contribution >= 4 is 5.97 Å². The highest BCUT2D eigenvalue weighted by molar-refractivity contribution is 5.73. The van der Waals surface area contributed by atoms with Crippen molar-refractivity contribution in [1.82, 2.24) is 4.90 Å². The number of morpholine rings is 1. The molecule has 1 rings (SSSR count). The van der Waals surface area contributed by atoms with Crippen molar-refractivity contribution in [2.45, 2.75) is 64.6 Å². The normalized spacial score (nSPS) is 27.9. The van der Waals surface area contributed by atoms with Gasteiger partial charge in [0.15, 0.2) is 0 Å². The molecule has 0 amide bonds. The van der Waals surface area contributed by atoms with Gasteiger partial charge in [0, 0.05) is 12.6 Å². The fraction of sp³-hybridized carbons (Fsp3) is 0.923. The number of nitrogens with zero attached hydrogens (tertiary/aromatic N) is 1. The Morgan fingerprint density at radius 1 is 1.53 bits per heavy atom. The van der Waals surface area contributed by atoms with E-state index in [2.05, 4.69) is 18.7 Å². The molecule has 1 fully saturated rings. The van der Waals surface area contributed by atoms with Crippen LogP contribution in [0.5, 0.6) is 0 Å². The average molecular weight is 243 g/mol. The van der Waals surface area contributed by atoms with Gasteiger partial charge in [-0.15, -0.1) is 0 Å². The molecule has 1 saturated heterocycles. The summed E-state index contributed by atoms with van der Waals surface area (Å²) in [6.45, 7) is 7.60. The molecule has 0 aromatic carbocycles. The summed E-state index contributed by atoms with van der Waals surface area (Å²) in [5.74, 6) is -0.689. The van der Waals surface area contributed by atoms with Gasteiger partial charge in [0.25, 0.3) is 0 Å². The average Bonchev–Trinajstić information content (AvgIpc) is 2.29. The standard InChI is InChI=1S/C13H25NO3/c1-4-6-7-12(13(15)16)14-8-10(3)17-9-11(14)5-2/h10-12H,4-9H2,1-3H3,(H,15,16). The van der Waals surface area contributed by atoms with E-state index in [0.717, 1.165) is 32.2 Å². The SMILES string of the molecule is CCCCC(C(=O)O)N1CC(C)OCC1CC. The molecule has 1 heterocycles. The lowest BCUT2D eigenvalue weighted by Gasteiger charge is -2.41. The lowest BCUT2D eigenvalue weighted by atomic mass is 10.0. The summed E-state index contributed by atoms with van der Waals surface area (Å²) in [4.78, 5) is 13.5. The molecule has 100 valence electrons. The monoisotopic (exact) mass is 243 g/mol. The summed E-state index contributed by atoms with van der Waals surface area (Å²) in [7, 11) is 0. The Morgan fingerprint density at radius 2 is 2.24 bits per heavy atom. The number of carboxylic acid groups (broad SMARTS) is 1. The van der Waals surface area contributed by atoms with Gasteiger partial charge in [0.2, 0.25) is 0 Å². The van der Waals surface area contributed by atoms with Crippen LogP contribution in [0.15, 0.2) is 0 Å².